The predicted octanol–water partition coefficient (Wildman–Crippen LogP) is 3.70. The van der Waals surface area contributed by atoms with Crippen LogP contribution in [-0.4, -0.2) is 7.05 Å². The molecular formula is C14H14ClFN2. The molecule has 0 saturated carbocycles. The van der Waals surface area contributed by atoms with Crippen molar-refractivity contribution < 1.29 is 4.39 Å². The highest BCUT2D eigenvalue weighted by molar-refractivity contribution is 6.31. The molecule has 2 rings (SSSR count). The molecule has 18 heavy (non-hydrogen) atoms. The van der Waals surface area contributed by atoms with E-state index in [0.29, 0.717) is 11.6 Å². The van der Waals surface area contributed by atoms with Crippen LogP contribution in [0.15, 0.2) is 42.5 Å². The number of hydrogen-bond acceptors (Lipinski definition) is 2. The molecule has 0 aromatic heterocycles. The van der Waals surface area contributed by atoms with Crippen molar-refractivity contribution in [1.29, 1.82) is 0 Å². The Kier molecular flexibility index (Phi) is 3.72. The van der Waals surface area contributed by atoms with Crippen LogP contribution in [0.5, 0.6) is 0 Å². The zero-order valence-electron chi connectivity index (χ0n) is 10.0. The summed E-state index contributed by atoms with van der Waals surface area (Å²) in [6, 6.07) is 12.0. The Morgan fingerprint density at radius 1 is 1.17 bits per heavy atom. The van der Waals surface area contributed by atoms with Gasteiger partial charge in [-0.25, -0.2) is 4.39 Å². The van der Waals surface area contributed by atoms with E-state index in [4.69, 9.17) is 17.3 Å². The fraction of sp³-hybridized carbons (Fsp3) is 0.143. The van der Waals surface area contributed by atoms with E-state index in [1.165, 1.54) is 12.1 Å². The summed E-state index contributed by atoms with van der Waals surface area (Å²) in [7, 11) is 1.95. The van der Waals surface area contributed by atoms with Gasteiger partial charge >= 0.3 is 0 Å². The van der Waals surface area contributed by atoms with Crippen molar-refractivity contribution in [2.75, 3.05) is 17.7 Å². The van der Waals surface area contributed by atoms with Crippen LogP contribution in [0, 0.1) is 5.82 Å². The summed E-state index contributed by atoms with van der Waals surface area (Å²) >= 11 is 6.00. The van der Waals surface area contributed by atoms with Gasteiger partial charge in [-0.3, -0.25) is 0 Å². The van der Waals surface area contributed by atoms with E-state index in [0.717, 1.165) is 16.9 Å². The Labute approximate surface area is 111 Å². The SMILES string of the molecule is CN(Cc1ccc(F)cc1Cl)c1ccc(N)cc1. The van der Waals surface area contributed by atoms with Crippen molar-refractivity contribution in [2.45, 2.75) is 6.54 Å². The number of nitrogen functional groups attached to an aromatic ring is 1. The van der Waals surface area contributed by atoms with Crippen LogP contribution in [0.25, 0.3) is 0 Å². The highest BCUT2D eigenvalue weighted by Gasteiger charge is 2.06. The van der Waals surface area contributed by atoms with Gasteiger partial charge in [0.1, 0.15) is 5.82 Å². The molecule has 0 radical (unpaired) electrons. The minimum atomic E-state index is -0.320. The molecule has 0 unspecified atom stereocenters. The molecule has 0 fully saturated rings. The third-order valence-corrected chi connectivity index (χ3v) is 3.11. The Hall–Kier alpha value is -1.74. The maximum absolute atomic E-state index is 12.9. The first kappa shape index (κ1) is 12.7. The maximum atomic E-state index is 12.9. The van der Waals surface area contributed by atoms with E-state index in [2.05, 4.69) is 0 Å². The third kappa shape index (κ3) is 2.93. The molecule has 94 valence electrons. The summed E-state index contributed by atoms with van der Waals surface area (Å²) in [4.78, 5) is 2.03. The van der Waals surface area contributed by atoms with Crippen molar-refractivity contribution >= 4 is 23.0 Å². The molecule has 2 aromatic carbocycles. The van der Waals surface area contributed by atoms with E-state index in [1.54, 1.807) is 6.07 Å². The Balaban J connectivity index is 2.15. The first-order valence-electron chi connectivity index (χ1n) is 5.57. The number of anilines is 2. The van der Waals surface area contributed by atoms with E-state index in [1.807, 2.05) is 36.2 Å². The van der Waals surface area contributed by atoms with Gasteiger partial charge < -0.3 is 10.6 Å². The smallest absolute Gasteiger partial charge is 0.124 e. The van der Waals surface area contributed by atoms with Gasteiger partial charge in [-0.05, 0) is 42.0 Å². The fourth-order valence-corrected chi connectivity index (χ4v) is 1.95. The Morgan fingerprint density at radius 2 is 1.83 bits per heavy atom. The largest absolute Gasteiger partial charge is 0.399 e. The molecule has 0 aliphatic carbocycles. The summed E-state index contributed by atoms with van der Waals surface area (Å²) in [6.45, 7) is 0.614. The number of nitrogens with two attached hydrogens (primary N) is 1. The molecule has 0 heterocycles. The highest BCUT2D eigenvalue weighted by atomic mass is 35.5. The maximum Gasteiger partial charge on any atom is 0.124 e. The number of halogens is 2. The second-order valence-corrected chi connectivity index (χ2v) is 4.59. The zero-order valence-corrected chi connectivity index (χ0v) is 10.8. The minimum Gasteiger partial charge on any atom is -0.399 e. The van der Waals surface area contributed by atoms with Crippen LogP contribution in [0.1, 0.15) is 5.56 Å². The van der Waals surface area contributed by atoms with E-state index in [9.17, 15) is 4.39 Å². The van der Waals surface area contributed by atoms with Crippen LogP contribution in [0.2, 0.25) is 5.02 Å². The molecular weight excluding hydrogens is 251 g/mol. The topological polar surface area (TPSA) is 29.3 Å². The summed E-state index contributed by atoms with van der Waals surface area (Å²) in [5, 5.41) is 0.442. The van der Waals surface area contributed by atoms with Crippen LogP contribution < -0.4 is 10.6 Å². The van der Waals surface area contributed by atoms with Crippen molar-refractivity contribution in [2.24, 2.45) is 0 Å². The second-order valence-electron chi connectivity index (χ2n) is 4.18. The lowest BCUT2D eigenvalue weighted by atomic mass is 10.2. The van der Waals surface area contributed by atoms with E-state index in [-0.39, 0.29) is 5.82 Å². The van der Waals surface area contributed by atoms with Crippen LogP contribution in [0.4, 0.5) is 15.8 Å². The quantitative estimate of drug-likeness (QED) is 0.857. The highest BCUT2D eigenvalue weighted by Crippen LogP contribution is 2.22. The van der Waals surface area contributed by atoms with Crippen LogP contribution >= 0.6 is 11.6 Å². The molecule has 2 nitrogen and oxygen atoms in total. The van der Waals surface area contributed by atoms with Crippen molar-refractivity contribution in [1.82, 2.24) is 0 Å². The normalized spacial score (nSPS) is 10.4. The predicted molar refractivity (Wildman–Crippen MR) is 74.4 cm³/mol. The monoisotopic (exact) mass is 264 g/mol. The lowest BCUT2D eigenvalue weighted by Crippen LogP contribution is -2.16. The van der Waals surface area contributed by atoms with Gasteiger partial charge in [0.15, 0.2) is 0 Å². The first-order chi connectivity index (χ1) is 8.56. The van der Waals surface area contributed by atoms with E-state index < -0.39 is 0 Å². The molecule has 0 bridgehead atoms. The molecule has 0 atom stereocenters. The van der Waals surface area contributed by atoms with Gasteiger partial charge in [0.25, 0.3) is 0 Å². The molecule has 0 aliphatic rings. The average molecular weight is 265 g/mol. The van der Waals surface area contributed by atoms with Crippen molar-refractivity contribution in [3.05, 3.63) is 58.9 Å². The van der Waals surface area contributed by atoms with Gasteiger partial charge in [0.05, 0.1) is 0 Å². The average Bonchev–Trinajstić information content (AvgIpc) is 2.33. The number of hydrogen-bond donors (Lipinski definition) is 1. The summed E-state index contributed by atoms with van der Waals surface area (Å²) in [5.74, 6) is -0.320. The molecule has 0 saturated heterocycles. The third-order valence-electron chi connectivity index (χ3n) is 2.76. The summed E-state index contributed by atoms with van der Waals surface area (Å²) in [6.07, 6.45) is 0. The van der Waals surface area contributed by atoms with Gasteiger partial charge in [0, 0.05) is 30.0 Å². The summed E-state index contributed by atoms with van der Waals surface area (Å²) in [5.41, 5.74) is 8.29. The number of benzene rings is 2. The summed E-state index contributed by atoms with van der Waals surface area (Å²) < 4.78 is 12.9. The Morgan fingerprint density at radius 3 is 2.44 bits per heavy atom. The van der Waals surface area contributed by atoms with Crippen molar-refractivity contribution in [3.63, 3.8) is 0 Å². The number of rotatable bonds is 3. The molecule has 2 aromatic rings. The molecule has 2 N–H and O–H groups in total. The van der Waals surface area contributed by atoms with Gasteiger partial charge in [-0.15, -0.1) is 0 Å². The van der Waals surface area contributed by atoms with E-state index >= 15 is 0 Å². The lowest BCUT2D eigenvalue weighted by Gasteiger charge is -2.20. The van der Waals surface area contributed by atoms with Crippen molar-refractivity contribution in [3.8, 4) is 0 Å². The standard InChI is InChI=1S/C14H14ClFN2/c1-18(13-6-4-12(17)5-7-13)9-10-2-3-11(16)8-14(10)15/h2-8H,9,17H2,1H3. The molecule has 4 heteroatoms. The van der Waals surface area contributed by atoms with Gasteiger partial charge in [-0.1, -0.05) is 17.7 Å². The van der Waals surface area contributed by atoms with Gasteiger partial charge in [-0.2, -0.15) is 0 Å². The molecule has 0 spiro atoms. The fourth-order valence-electron chi connectivity index (χ4n) is 1.73. The second kappa shape index (κ2) is 5.27. The first-order valence-corrected chi connectivity index (χ1v) is 5.94. The lowest BCUT2D eigenvalue weighted by molar-refractivity contribution is 0.627. The molecule has 0 amide bonds. The zero-order chi connectivity index (χ0) is 13.1. The molecule has 0 aliphatic heterocycles. The number of nitrogens with zero attached hydrogens (tertiary/aromatic N) is 1. The van der Waals surface area contributed by atoms with Crippen LogP contribution in [-0.2, 0) is 6.54 Å². The van der Waals surface area contributed by atoms with Gasteiger partial charge in [0.2, 0.25) is 0 Å². The minimum absolute atomic E-state index is 0.320. The Bertz CT molecular complexity index is 540. The van der Waals surface area contributed by atoms with Crippen LogP contribution in [0.3, 0.4) is 0 Å².